The van der Waals surface area contributed by atoms with Crippen molar-refractivity contribution >= 4 is 35.1 Å². The molecule has 24 heavy (non-hydrogen) atoms. The Morgan fingerprint density at radius 2 is 1.75 bits per heavy atom. The number of anilines is 1. The van der Waals surface area contributed by atoms with E-state index in [1.54, 1.807) is 7.11 Å². The average molecular weight is 364 g/mol. The zero-order chi connectivity index (χ0) is 16.6. The maximum atomic E-state index is 12.8. The first kappa shape index (κ1) is 16.6. The predicted molar refractivity (Wildman–Crippen MR) is 103 cm³/mol. The van der Waals surface area contributed by atoms with E-state index in [9.17, 15) is 4.79 Å². The molecule has 1 amide bonds. The minimum Gasteiger partial charge on any atom is -0.497 e. The van der Waals surface area contributed by atoms with Gasteiger partial charge in [0.25, 0.3) is 0 Å². The molecule has 2 aliphatic carbocycles. The van der Waals surface area contributed by atoms with Crippen LogP contribution in [0.3, 0.4) is 0 Å². The van der Waals surface area contributed by atoms with Crippen molar-refractivity contribution in [2.75, 3.05) is 23.9 Å². The molecule has 3 fully saturated rings. The molecule has 1 aromatic carbocycles. The molecule has 1 N–H and O–H groups in total. The van der Waals surface area contributed by atoms with Gasteiger partial charge in [-0.05, 0) is 61.8 Å². The van der Waals surface area contributed by atoms with Crippen LogP contribution in [-0.4, -0.2) is 28.6 Å². The van der Waals surface area contributed by atoms with Crippen molar-refractivity contribution in [1.82, 2.24) is 0 Å². The molecule has 0 aromatic heterocycles. The van der Waals surface area contributed by atoms with E-state index >= 15 is 0 Å². The van der Waals surface area contributed by atoms with Gasteiger partial charge in [-0.2, -0.15) is 0 Å². The maximum Gasteiger partial charge on any atom is 0.227 e. The van der Waals surface area contributed by atoms with E-state index in [2.05, 4.69) is 28.8 Å². The van der Waals surface area contributed by atoms with Crippen LogP contribution in [0.1, 0.15) is 32.1 Å². The van der Waals surface area contributed by atoms with Gasteiger partial charge in [-0.3, -0.25) is 4.79 Å². The third kappa shape index (κ3) is 2.94. The molecule has 3 aliphatic rings. The summed E-state index contributed by atoms with van der Waals surface area (Å²) in [5.74, 6) is 5.22. The van der Waals surface area contributed by atoms with Crippen LogP contribution >= 0.6 is 23.5 Å². The molecule has 3 nitrogen and oxygen atoms in total. The fourth-order valence-corrected chi connectivity index (χ4v) is 8.68. The van der Waals surface area contributed by atoms with Crippen LogP contribution in [0.15, 0.2) is 24.3 Å². The Morgan fingerprint density at radius 1 is 1.12 bits per heavy atom. The third-order valence-corrected chi connectivity index (χ3v) is 9.87. The Kier molecular flexibility index (Phi) is 4.74. The fourth-order valence-electron chi connectivity index (χ4n) is 4.74. The summed E-state index contributed by atoms with van der Waals surface area (Å²) in [7, 11) is 1.66. The van der Waals surface area contributed by atoms with Crippen LogP contribution in [-0.2, 0) is 4.79 Å². The number of ether oxygens (including phenoxy) is 1. The van der Waals surface area contributed by atoms with E-state index < -0.39 is 0 Å². The molecule has 5 heteroatoms. The molecule has 0 radical (unpaired) electrons. The highest BCUT2D eigenvalue weighted by molar-refractivity contribution is 8.21. The van der Waals surface area contributed by atoms with Gasteiger partial charge in [-0.25, -0.2) is 0 Å². The second-order valence-electron chi connectivity index (χ2n) is 7.13. The van der Waals surface area contributed by atoms with E-state index in [0.29, 0.717) is 15.9 Å². The second-order valence-corrected chi connectivity index (χ2v) is 10.1. The van der Waals surface area contributed by atoms with Gasteiger partial charge in [0.1, 0.15) is 5.75 Å². The lowest BCUT2D eigenvalue weighted by molar-refractivity contribution is -0.122. The van der Waals surface area contributed by atoms with Crippen molar-refractivity contribution in [2.45, 2.75) is 36.2 Å². The Balaban J connectivity index is 1.44. The zero-order valence-electron chi connectivity index (χ0n) is 14.1. The lowest BCUT2D eigenvalue weighted by Crippen LogP contribution is -2.48. The van der Waals surface area contributed by atoms with Gasteiger partial charge in [0, 0.05) is 23.1 Å². The molecule has 2 saturated carbocycles. The Labute approximate surface area is 152 Å². The van der Waals surface area contributed by atoms with Crippen molar-refractivity contribution in [2.24, 2.45) is 17.8 Å². The number of hydrogen-bond donors (Lipinski definition) is 1. The van der Waals surface area contributed by atoms with Crippen LogP contribution in [0.25, 0.3) is 0 Å². The first-order valence-electron chi connectivity index (χ1n) is 8.94. The summed E-state index contributed by atoms with van der Waals surface area (Å²) in [6.07, 6.45) is 6.10. The fraction of sp³-hybridized carbons (Fsp3) is 0.632. The molecular weight excluding hydrogens is 338 g/mol. The molecule has 1 spiro atoms. The average Bonchev–Trinajstić information content (AvgIpc) is 3.05. The molecule has 1 heterocycles. The summed E-state index contributed by atoms with van der Waals surface area (Å²) in [4.78, 5) is 12.8. The molecule has 1 saturated heterocycles. The molecule has 4 rings (SSSR count). The molecule has 1 unspecified atom stereocenters. The van der Waals surface area contributed by atoms with Crippen molar-refractivity contribution in [3.63, 3.8) is 0 Å². The summed E-state index contributed by atoms with van der Waals surface area (Å²) in [5, 5.41) is 3.12. The number of methoxy groups -OCH3 is 1. The zero-order valence-corrected chi connectivity index (χ0v) is 15.8. The highest BCUT2D eigenvalue weighted by Crippen LogP contribution is 2.64. The number of hydrogen-bond acceptors (Lipinski definition) is 4. The number of thioether (sulfide) groups is 2. The summed E-state index contributed by atoms with van der Waals surface area (Å²) < 4.78 is 5.62. The smallest absolute Gasteiger partial charge is 0.227 e. The number of benzene rings is 1. The van der Waals surface area contributed by atoms with Gasteiger partial charge in [-0.1, -0.05) is 6.42 Å². The number of rotatable bonds is 3. The minimum atomic E-state index is 0.176. The van der Waals surface area contributed by atoms with Crippen molar-refractivity contribution in [3.05, 3.63) is 24.3 Å². The summed E-state index contributed by atoms with van der Waals surface area (Å²) in [6.45, 7) is 0. The van der Waals surface area contributed by atoms with Gasteiger partial charge in [-0.15, -0.1) is 23.5 Å². The molecule has 3 atom stereocenters. The van der Waals surface area contributed by atoms with E-state index in [4.69, 9.17) is 4.74 Å². The van der Waals surface area contributed by atoms with Gasteiger partial charge in [0.05, 0.1) is 11.2 Å². The van der Waals surface area contributed by atoms with Gasteiger partial charge in [0.15, 0.2) is 0 Å². The van der Waals surface area contributed by atoms with Crippen LogP contribution in [0.4, 0.5) is 5.69 Å². The lowest BCUT2D eigenvalue weighted by atomic mass is 9.67. The largest absolute Gasteiger partial charge is 0.497 e. The maximum absolute atomic E-state index is 12.8. The Bertz CT molecular complexity index is 582. The molecule has 2 bridgehead atoms. The predicted octanol–water partition coefficient (Wildman–Crippen LogP) is 4.64. The number of carbonyl (C=O) groups is 1. The van der Waals surface area contributed by atoms with E-state index in [0.717, 1.165) is 24.3 Å². The van der Waals surface area contributed by atoms with Crippen molar-refractivity contribution in [3.8, 4) is 5.75 Å². The lowest BCUT2D eigenvalue weighted by Gasteiger charge is -2.52. The van der Waals surface area contributed by atoms with Crippen LogP contribution in [0.2, 0.25) is 0 Å². The molecule has 1 aliphatic heterocycles. The molecule has 1 aromatic rings. The Hall–Kier alpha value is -0.810. The number of nitrogens with one attached hydrogen (secondary N) is 1. The highest BCUT2D eigenvalue weighted by atomic mass is 32.2. The van der Waals surface area contributed by atoms with Crippen LogP contribution in [0.5, 0.6) is 5.75 Å². The first-order valence-corrected chi connectivity index (χ1v) is 10.9. The van der Waals surface area contributed by atoms with E-state index in [1.807, 2.05) is 24.3 Å². The topological polar surface area (TPSA) is 38.3 Å². The standard InChI is InChI=1S/C19H25NO2S2/c1-22-17-7-5-16(6-8-17)20-18(21)13-11-14-3-2-4-15(12-13)19(14)23-9-10-24-19/h5-8,13-15H,2-4,9-12H2,1H3,(H,20,21)/t13?,14-,15+. The molecular formula is C19H25NO2S2. The van der Waals surface area contributed by atoms with Crippen molar-refractivity contribution in [1.29, 1.82) is 0 Å². The Morgan fingerprint density at radius 3 is 2.33 bits per heavy atom. The van der Waals surface area contributed by atoms with Crippen LogP contribution < -0.4 is 10.1 Å². The number of amides is 1. The summed E-state index contributed by atoms with van der Waals surface area (Å²) in [6, 6.07) is 7.63. The quantitative estimate of drug-likeness (QED) is 0.849. The second kappa shape index (κ2) is 6.83. The summed E-state index contributed by atoms with van der Waals surface area (Å²) in [5.41, 5.74) is 0.871. The van der Waals surface area contributed by atoms with E-state index in [1.165, 1.54) is 30.8 Å². The van der Waals surface area contributed by atoms with Gasteiger partial charge < -0.3 is 10.1 Å². The highest BCUT2D eigenvalue weighted by Gasteiger charge is 2.55. The molecule has 130 valence electrons. The summed E-state index contributed by atoms with van der Waals surface area (Å²) >= 11 is 4.39. The van der Waals surface area contributed by atoms with Gasteiger partial charge >= 0.3 is 0 Å². The van der Waals surface area contributed by atoms with Crippen LogP contribution in [0, 0.1) is 17.8 Å². The minimum absolute atomic E-state index is 0.176. The third-order valence-electron chi connectivity index (χ3n) is 5.85. The van der Waals surface area contributed by atoms with E-state index in [-0.39, 0.29) is 11.8 Å². The first-order chi connectivity index (χ1) is 11.7. The van der Waals surface area contributed by atoms with Gasteiger partial charge in [0.2, 0.25) is 5.91 Å². The normalized spacial score (nSPS) is 31.0. The van der Waals surface area contributed by atoms with Crippen molar-refractivity contribution < 1.29 is 9.53 Å². The monoisotopic (exact) mass is 363 g/mol. The SMILES string of the molecule is COc1ccc(NC(=O)C2C[C@H]3CCC[C@@H](C2)C32SCCS2)cc1. The number of carbonyl (C=O) groups excluding carboxylic acids is 1.